The molecule has 0 saturated carbocycles. The second-order valence-corrected chi connectivity index (χ2v) is 7.46. The lowest BCUT2D eigenvalue weighted by Crippen LogP contribution is -2.29. The van der Waals surface area contributed by atoms with E-state index >= 15 is 0 Å². The summed E-state index contributed by atoms with van der Waals surface area (Å²) in [5, 5.41) is 6.82. The molecule has 2 aromatic carbocycles. The van der Waals surface area contributed by atoms with Crippen LogP contribution in [0.25, 0.3) is 11.4 Å². The van der Waals surface area contributed by atoms with Crippen LogP contribution >= 0.6 is 0 Å². The Bertz CT molecular complexity index is 978. The molecule has 0 atom stereocenters. The smallest absolute Gasteiger partial charge is 0.251 e. The average molecular weight is 406 g/mol. The normalized spacial score (nSPS) is 14.4. The zero-order chi connectivity index (χ0) is 20.8. The minimum atomic E-state index is -0.166. The molecule has 0 unspecified atom stereocenters. The maximum absolute atomic E-state index is 12.5. The summed E-state index contributed by atoms with van der Waals surface area (Å²) in [5.41, 5.74) is 2.64. The van der Waals surface area contributed by atoms with Crippen LogP contribution in [0.15, 0.2) is 53.1 Å². The third-order valence-corrected chi connectivity index (χ3v) is 5.27. The molecule has 1 saturated heterocycles. The number of rotatable bonds is 7. The monoisotopic (exact) mass is 406 g/mol. The highest BCUT2D eigenvalue weighted by molar-refractivity contribution is 5.94. The number of amides is 1. The van der Waals surface area contributed by atoms with Crippen LogP contribution in [0.5, 0.6) is 5.75 Å². The van der Waals surface area contributed by atoms with Crippen molar-refractivity contribution in [1.29, 1.82) is 0 Å². The Kier molecular flexibility index (Phi) is 6.39. The lowest BCUT2D eigenvalue weighted by atomic mass is 10.1. The molecule has 0 aliphatic carbocycles. The summed E-state index contributed by atoms with van der Waals surface area (Å²) in [6, 6.07) is 15.2. The number of benzene rings is 2. The van der Waals surface area contributed by atoms with Crippen LogP contribution in [-0.2, 0) is 13.1 Å². The first-order valence-electron chi connectivity index (χ1n) is 10.3. The van der Waals surface area contributed by atoms with E-state index < -0.39 is 0 Å². The van der Waals surface area contributed by atoms with E-state index in [1.807, 2.05) is 48.5 Å². The third-order valence-electron chi connectivity index (χ3n) is 5.27. The summed E-state index contributed by atoms with van der Waals surface area (Å²) < 4.78 is 10.5. The quantitative estimate of drug-likeness (QED) is 0.645. The summed E-state index contributed by atoms with van der Waals surface area (Å²) in [6.45, 7) is 3.43. The number of nitrogens with zero attached hydrogens (tertiary/aromatic N) is 3. The van der Waals surface area contributed by atoms with Gasteiger partial charge in [0.1, 0.15) is 5.75 Å². The predicted octanol–water partition coefficient (Wildman–Crippen LogP) is 3.66. The highest BCUT2D eigenvalue weighted by atomic mass is 16.5. The first kappa shape index (κ1) is 20.1. The Labute approximate surface area is 176 Å². The molecular weight excluding hydrogens is 380 g/mol. The number of methoxy groups -OCH3 is 1. The van der Waals surface area contributed by atoms with E-state index in [9.17, 15) is 4.79 Å². The fourth-order valence-electron chi connectivity index (χ4n) is 3.60. The topological polar surface area (TPSA) is 80.5 Å². The molecule has 0 spiro atoms. The van der Waals surface area contributed by atoms with E-state index in [1.165, 1.54) is 24.8 Å². The molecule has 1 aliphatic rings. The molecule has 0 bridgehead atoms. The summed E-state index contributed by atoms with van der Waals surface area (Å²) in [5.74, 6) is 1.36. The van der Waals surface area contributed by atoms with Crippen molar-refractivity contribution in [3.8, 4) is 17.1 Å². The Hall–Kier alpha value is -3.19. The van der Waals surface area contributed by atoms with Gasteiger partial charge in [0.15, 0.2) is 0 Å². The number of nitrogens with one attached hydrogen (secondary N) is 1. The molecule has 0 radical (unpaired) electrons. The van der Waals surface area contributed by atoms with Crippen LogP contribution in [0.1, 0.15) is 41.1 Å². The molecule has 1 N–H and O–H groups in total. The Balaban J connectivity index is 1.31. The number of piperidine rings is 1. The number of ether oxygens (including phenoxy) is 1. The fourth-order valence-corrected chi connectivity index (χ4v) is 3.60. The highest BCUT2D eigenvalue weighted by Crippen LogP contribution is 2.21. The Morgan fingerprint density at radius 2 is 1.93 bits per heavy atom. The number of likely N-dealkylation sites (tertiary alicyclic amines) is 1. The minimum absolute atomic E-state index is 0.166. The van der Waals surface area contributed by atoms with E-state index in [4.69, 9.17) is 9.26 Å². The van der Waals surface area contributed by atoms with Crippen LogP contribution in [0, 0.1) is 0 Å². The van der Waals surface area contributed by atoms with E-state index in [-0.39, 0.29) is 12.5 Å². The number of carbonyl (C=O) groups excluding carboxylic acids is 1. The molecule has 7 heteroatoms. The van der Waals surface area contributed by atoms with Gasteiger partial charge < -0.3 is 14.6 Å². The van der Waals surface area contributed by atoms with E-state index in [2.05, 4.69) is 20.4 Å². The number of aromatic nitrogens is 2. The molecule has 1 amide bonds. The minimum Gasteiger partial charge on any atom is -0.497 e. The SMILES string of the molecule is COc1cccc(-c2noc(CNC(=O)c3ccc(CN4CCCCC4)cc3)n2)c1. The van der Waals surface area contributed by atoms with E-state index in [0.29, 0.717) is 17.3 Å². The Morgan fingerprint density at radius 3 is 2.70 bits per heavy atom. The first-order chi connectivity index (χ1) is 14.7. The van der Waals surface area contributed by atoms with E-state index in [1.54, 1.807) is 7.11 Å². The molecule has 1 fully saturated rings. The molecule has 3 aromatic rings. The first-order valence-corrected chi connectivity index (χ1v) is 10.3. The van der Waals surface area contributed by atoms with Gasteiger partial charge in [-0.1, -0.05) is 35.8 Å². The van der Waals surface area contributed by atoms with Gasteiger partial charge in [0, 0.05) is 17.7 Å². The van der Waals surface area contributed by atoms with Gasteiger partial charge in [0.05, 0.1) is 13.7 Å². The van der Waals surface area contributed by atoms with Crippen molar-refractivity contribution < 1.29 is 14.1 Å². The van der Waals surface area contributed by atoms with Gasteiger partial charge in [-0.2, -0.15) is 4.98 Å². The standard InChI is InChI=1S/C23H26N4O3/c1-29-20-7-5-6-19(14-20)22-25-21(30-26-22)15-24-23(28)18-10-8-17(9-11-18)16-27-12-3-2-4-13-27/h5-11,14H,2-4,12-13,15-16H2,1H3,(H,24,28). The van der Waals surface area contributed by atoms with Gasteiger partial charge in [0.25, 0.3) is 5.91 Å². The molecular formula is C23H26N4O3. The van der Waals surface area contributed by atoms with Crippen LogP contribution in [0.3, 0.4) is 0 Å². The van der Waals surface area contributed by atoms with Crippen LogP contribution in [0.2, 0.25) is 0 Å². The van der Waals surface area contributed by atoms with Crippen molar-refractivity contribution in [3.63, 3.8) is 0 Å². The van der Waals surface area contributed by atoms with Gasteiger partial charge >= 0.3 is 0 Å². The summed E-state index contributed by atoms with van der Waals surface area (Å²) in [6.07, 6.45) is 3.88. The molecule has 30 heavy (non-hydrogen) atoms. The summed E-state index contributed by atoms with van der Waals surface area (Å²) in [4.78, 5) is 19.3. The molecule has 1 aliphatic heterocycles. The van der Waals surface area contributed by atoms with Gasteiger partial charge in [-0.15, -0.1) is 0 Å². The highest BCUT2D eigenvalue weighted by Gasteiger charge is 2.13. The van der Waals surface area contributed by atoms with Gasteiger partial charge in [-0.05, 0) is 55.8 Å². The van der Waals surface area contributed by atoms with E-state index in [0.717, 1.165) is 30.9 Å². The second-order valence-electron chi connectivity index (χ2n) is 7.46. The van der Waals surface area contributed by atoms with Crippen molar-refractivity contribution in [1.82, 2.24) is 20.4 Å². The second kappa shape index (κ2) is 9.54. The summed E-state index contributed by atoms with van der Waals surface area (Å²) in [7, 11) is 1.61. The maximum atomic E-state index is 12.5. The molecule has 4 rings (SSSR count). The van der Waals surface area contributed by atoms with Gasteiger partial charge in [-0.3, -0.25) is 9.69 Å². The number of carbonyl (C=O) groups is 1. The van der Waals surface area contributed by atoms with Crippen molar-refractivity contribution in [3.05, 3.63) is 65.5 Å². The molecule has 156 valence electrons. The third kappa shape index (κ3) is 5.04. The predicted molar refractivity (Wildman–Crippen MR) is 113 cm³/mol. The maximum Gasteiger partial charge on any atom is 0.251 e. The molecule has 7 nitrogen and oxygen atoms in total. The Morgan fingerprint density at radius 1 is 1.13 bits per heavy atom. The van der Waals surface area contributed by atoms with Crippen LogP contribution < -0.4 is 10.1 Å². The van der Waals surface area contributed by atoms with Crippen molar-refractivity contribution in [2.75, 3.05) is 20.2 Å². The average Bonchev–Trinajstić information content (AvgIpc) is 3.28. The number of hydrogen-bond acceptors (Lipinski definition) is 6. The summed E-state index contributed by atoms with van der Waals surface area (Å²) >= 11 is 0. The molecule has 1 aromatic heterocycles. The fraction of sp³-hybridized carbons (Fsp3) is 0.348. The van der Waals surface area contributed by atoms with Crippen molar-refractivity contribution >= 4 is 5.91 Å². The largest absolute Gasteiger partial charge is 0.497 e. The van der Waals surface area contributed by atoms with Crippen molar-refractivity contribution in [2.45, 2.75) is 32.4 Å². The lowest BCUT2D eigenvalue weighted by molar-refractivity contribution is 0.0946. The van der Waals surface area contributed by atoms with Gasteiger partial charge in [0.2, 0.25) is 11.7 Å². The van der Waals surface area contributed by atoms with Gasteiger partial charge in [-0.25, -0.2) is 0 Å². The van der Waals surface area contributed by atoms with Crippen LogP contribution in [-0.4, -0.2) is 41.1 Å². The van der Waals surface area contributed by atoms with Crippen LogP contribution in [0.4, 0.5) is 0 Å². The number of hydrogen-bond donors (Lipinski definition) is 1. The van der Waals surface area contributed by atoms with Crippen molar-refractivity contribution in [2.24, 2.45) is 0 Å². The zero-order valence-corrected chi connectivity index (χ0v) is 17.1. The lowest BCUT2D eigenvalue weighted by Gasteiger charge is -2.26. The zero-order valence-electron chi connectivity index (χ0n) is 17.1. The molecule has 2 heterocycles.